The minimum Gasteiger partial charge on any atom is -0.0828 e. The molecule has 1 aliphatic carbocycles. The van der Waals surface area contributed by atoms with Crippen LogP contribution in [0.4, 0.5) is 0 Å². The lowest BCUT2D eigenvalue weighted by Crippen LogP contribution is -2.18. The SMILES string of the molecule is CC(C)=CC1CC(C)C1. The Balaban J connectivity index is 2.25. The smallest absolute Gasteiger partial charge is 0.0226 e. The van der Waals surface area contributed by atoms with Crippen LogP contribution >= 0.6 is 0 Å². The van der Waals surface area contributed by atoms with E-state index in [-0.39, 0.29) is 0 Å². The molecule has 1 rings (SSSR count). The van der Waals surface area contributed by atoms with Crippen molar-refractivity contribution in [1.29, 1.82) is 0 Å². The summed E-state index contributed by atoms with van der Waals surface area (Å²) in [7, 11) is 0. The predicted octanol–water partition coefficient (Wildman–Crippen LogP) is 3.00. The summed E-state index contributed by atoms with van der Waals surface area (Å²) in [6.07, 6.45) is 5.25. The summed E-state index contributed by atoms with van der Waals surface area (Å²) in [5, 5.41) is 0. The Morgan fingerprint density at radius 1 is 1.33 bits per heavy atom. The van der Waals surface area contributed by atoms with Crippen LogP contribution in [-0.4, -0.2) is 0 Å². The molecule has 0 aromatic rings. The minimum absolute atomic E-state index is 0.921. The van der Waals surface area contributed by atoms with E-state index in [1.807, 2.05) is 0 Å². The third-order valence-corrected chi connectivity index (χ3v) is 1.98. The van der Waals surface area contributed by atoms with Crippen molar-refractivity contribution in [3.63, 3.8) is 0 Å². The Morgan fingerprint density at radius 3 is 2.22 bits per heavy atom. The van der Waals surface area contributed by atoms with Crippen LogP contribution in [0.1, 0.15) is 33.6 Å². The zero-order chi connectivity index (χ0) is 6.85. The normalized spacial score (nSPS) is 33.2. The molecular weight excluding hydrogens is 108 g/mol. The van der Waals surface area contributed by atoms with Gasteiger partial charge in [-0.2, -0.15) is 0 Å². The molecule has 0 heterocycles. The highest BCUT2D eigenvalue weighted by molar-refractivity contribution is 5.01. The van der Waals surface area contributed by atoms with E-state index in [9.17, 15) is 0 Å². The van der Waals surface area contributed by atoms with Gasteiger partial charge in [0.05, 0.1) is 0 Å². The monoisotopic (exact) mass is 124 g/mol. The second-order valence-electron chi connectivity index (χ2n) is 3.58. The van der Waals surface area contributed by atoms with Crippen molar-refractivity contribution in [3.8, 4) is 0 Å². The second kappa shape index (κ2) is 2.55. The van der Waals surface area contributed by atoms with Crippen molar-refractivity contribution >= 4 is 0 Å². The summed E-state index contributed by atoms with van der Waals surface area (Å²) in [6.45, 7) is 6.70. The van der Waals surface area contributed by atoms with Crippen LogP contribution in [0.5, 0.6) is 0 Å². The fourth-order valence-corrected chi connectivity index (χ4v) is 1.57. The third-order valence-electron chi connectivity index (χ3n) is 1.98. The standard InChI is InChI=1S/C9H16/c1-7(2)4-9-5-8(3)6-9/h4,8-9H,5-6H2,1-3H3. The van der Waals surface area contributed by atoms with Crippen LogP contribution in [-0.2, 0) is 0 Å². The lowest BCUT2D eigenvalue weighted by molar-refractivity contribution is 0.262. The maximum atomic E-state index is 2.40. The predicted molar refractivity (Wildman–Crippen MR) is 41.3 cm³/mol. The summed E-state index contributed by atoms with van der Waals surface area (Å²) >= 11 is 0. The van der Waals surface area contributed by atoms with Gasteiger partial charge in [0.1, 0.15) is 0 Å². The summed E-state index contributed by atoms with van der Waals surface area (Å²) in [5.74, 6) is 1.91. The highest BCUT2D eigenvalue weighted by Gasteiger charge is 2.22. The molecule has 0 aromatic heterocycles. The van der Waals surface area contributed by atoms with Crippen LogP contribution in [0.2, 0.25) is 0 Å². The minimum atomic E-state index is 0.921. The molecule has 0 aromatic carbocycles. The molecule has 0 heteroatoms. The Morgan fingerprint density at radius 2 is 1.89 bits per heavy atom. The topological polar surface area (TPSA) is 0 Å². The van der Waals surface area contributed by atoms with Crippen LogP contribution in [0.3, 0.4) is 0 Å². The van der Waals surface area contributed by atoms with Gasteiger partial charge < -0.3 is 0 Å². The maximum Gasteiger partial charge on any atom is -0.0226 e. The molecule has 0 nitrogen and oxygen atoms in total. The Bertz CT molecular complexity index is 112. The number of rotatable bonds is 1. The van der Waals surface area contributed by atoms with Gasteiger partial charge in [0, 0.05) is 0 Å². The largest absolute Gasteiger partial charge is 0.0828 e. The summed E-state index contributed by atoms with van der Waals surface area (Å²) in [4.78, 5) is 0. The first kappa shape index (κ1) is 6.85. The van der Waals surface area contributed by atoms with Crippen molar-refractivity contribution in [2.45, 2.75) is 33.6 Å². The molecule has 1 saturated carbocycles. The van der Waals surface area contributed by atoms with Gasteiger partial charge in [-0.15, -0.1) is 0 Å². The Kier molecular flexibility index (Phi) is 1.94. The molecule has 0 atom stereocenters. The third kappa shape index (κ3) is 1.85. The molecule has 52 valence electrons. The zero-order valence-electron chi connectivity index (χ0n) is 6.65. The highest BCUT2D eigenvalue weighted by Crippen LogP contribution is 2.34. The average molecular weight is 124 g/mol. The first-order chi connectivity index (χ1) is 4.18. The lowest BCUT2D eigenvalue weighted by atomic mass is 9.75. The first-order valence-electron chi connectivity index (χ1n) is 3.83. The van der Waals surface area contributed by atoms with Gasteiger partial charge in [0.25, 0.3) is 0 Å². The van der Waals surface area contributed by atoms with E-state index in [0.717, 1.165) is 11.8 Å². The van der Waals surface area contributed by atoms with E-state index in [1.54, 1.807) is 0 Å². The molecule has 0 aliphatic heterocycles. The molecule has 0 unspecified atom stereocenters. The molecule has 0 spiro atoms. The number of hydrogen-bond acceptors (Lipinski definition) is 0. The molecule has 0 amide bonds. The van der Waals surface area contributed by atoms with Gasteiger partial charge in [0.2, 0.25) is 0 Å². The van der Waals surface area contributed by atoms with Crippen molar-refractivity contribution in [1.82, 2.24) is 0 Å². The molecule has 1 fully saturated rings. The van der Waals surface area contributed by atoms with Gasteiger partial charge in [-0.25, -0.2) is 0 Å². The molecule has 9 heavy (non-hydrogen) atoms. The molecule has 0 bridgehead atoms. The molecule has 1 aliphatic rings. The Labute approximate surface area is 58.0 Å². The molecule has 0 N–H and O–H groups in total. The fourth-order valence-electron chi connectivity index (χ4n) is 1.57. The Hall–Kier alpha value is -0.260. The van der Waals surface area contributed by atoms with E-state index >= 15 is 0 Å². The van der Waals surface area contributed by atoms with Crippen molar-refractivity contribution in [2.24, 2.45) is 11.8 Å². The maximum absolute atomic E-state index is 2.40. The lowest BCUT2D eigenvalue weighted by Gasteiger charge is -2.30. The van der Waals surface area contributed by atoms with Crippen LogP contribution in [0.25, 0.3) is 0 Å². The zero-order valence-corrected chi connectivity index (χ0v) is 6.65. The van der Waals surface area contributed by atoms with Gasteiger partial charge in [-0.1, -0.05) is 18.6 Å². The first-order valence-corrected chi connectivity index (χ1v) is 3.83. The van der Waals surface area contributed by atoms with E-state index in [2.05, 4.69) is 26.8 Å². The van der Waals surface area contributed by atoms with E-state index < -0.39 is 0 Å². The number of hydrogen-bond donors (Lipinski definition) is 0. The summed E-state index contributed by atoms with van der Waals surface area (Å²) in [6, 6.07) is 0. The van der Waals surface area contributed by atoms with Gasteiger partial charge in [-0.3, -0.25) is 0 Å². The van der Waals surface area contributed by atoms with Crippen LogP contribution in [0.15, 0.2) is 11.6 Å². The second-order valence-corrected chi connectivity index (χ2v) is 3.58. The van der Waals surface area contributed by atoms with Crippen molar-refractivity contribution in [2.75, 3.05) is 0 Å². The number of allylic oxidation sites excluding steroid dienone is 2. The average Bonchev–Trinajstić information content (AvgIpc) is 1.60. The van der Waals surface area contributed by atoms with Crippen LogP contribution in [0, 0.1) is 11.8 Å². The summed E-state index contributed by atoms with van der Waals surface area (Å²) in [5.41, 5.74) is 1.48. The van der Waals surface area contributed by atoms with Gasteiger partial charge >= 0.3 is 0 Å². The molecule has 0 radical (unpaired) electrons. The van der Waals surface area contributed by atoms with E-state index in [1.165, 1.54) is 18.4 Å². The van der Waals surface area contributed by atoms with Crippen molar-refractivity contribution in [3.05, 3.63) is 11.6 Å². The van der Waals surface area contributed by atoms with Gasteiger partial charge in [-0.05, 0) is 38.5 Å². The van der Waals surface area contributed by atoms with E-state index in [4.69, 9.17) is 0 Å². The summed E-state index contributed by atoms with van der Waals surface area (Å²) < 4.78 is 0. The molecule has 0 saturated heterocycles. The fraction of sp³-hybridized carbons (Fsp3) is 0.778. The van der Waals surface area contributed by atoms with Crippen molar-refractivity contribution < 1.29 is 0 Å². The highest BCUT2D eigenvalue weighted by atomic mass is 14.3. The molecular formula is C9H16. The quantitative estimate of drug-likeness (QED) is 0.471. The van der Waals surface area contributed by atoms with E-state index in [0.29, 0.717) is 0 Å². The van der Waals surface area contributed by atoms with Gasteiger partial charge in [0.15, 0.2) is 0 Å². The van der Waals surface area contributed by atoms with Crippen LogP contribution < -0.4 is 0 Å².